The predicted octanol–water partition coefficient (Wildman–Crippen LogP) is 8.23. The summed E-state index contributed by atoms with van der Waals surface area (Å²) in [5.74, 6) is -1.39. The molecule has 1 N–H and O–H groups in total. The van der Waals surface area contributed by atoms with Crippen LogP contribution in [-0.2, 0) is 27.4 Å². The molecule has 1 atom stereocenters. The monoisotopic (exact) mass is 633 g/mol. The fourth-order valence-corrected chi connectivity index (χ4v) is 5.96. The maximum Gasteiger partial charge on any atom is 0.410 e. The van der Waals surface area contributed by atoms with E-state index in [9.17, 15) is 19.1 Å². The number of carbonyl (C=O) groups is 2. The van der Waals surface area contributed by atoms with E-state index >= 15 is 0 Å². The molecule has 1 aliphatic rings. The van der Waals surface area contributed by atoms with Gasteiger partial charge in [-0.3, -0.25) is 9.88 Å². The van der Waals surface area contributed by atoms with Crippen molar-refractivity contribution in [1.29, 1.82) is 0 Å². The van der Waals surface area contributed by atoms with E-state index in [-0.39, 0.29) is 24.4 Å². The third-order valence-electron chi connectivity index (χ3n) is 8.40. The van der Waals surface area contributed by atoms with Crippen molar-refractivity contribution in [1.82, 2.24) is 9.88 Å². The zero-order valence-corrected chi connectivity index (χ0v) is 28.4. The maximum atomic E-state index is 13.5. The summed E-state index contributed by atoms with van der Waals surface area (Å²) in [5.41, 5.74) is 5.84. The van der Waals surface area contributed by atoms with Crippen LogP contribution in [0.1, 0.15) is 88.6 Å². The van der Waals surface area contributed by atoms with Crippen molar-refractivity contribution < 1.29 is 28.6 Å². The number of piperidine rings is 1. The molecule has 4 rings (SSSR count). The standard InChI is InChI=1S/C37H48FN3O5/c1-9-45-35(44)41(23-27-12-16-29(38)17-13-27)22-26-10-14-28(15-11-26)30-24(2)39-25(3)31(33(34(42)43)46-36(4,5)6)32(30)40-20-18-37(7,8)19-21-40/h10-17,33H,9,18-23H2,1-8H3,(H,42,43). The van der Waals surface area contributed by atoms with Crippen molar-refractivity contribution in [3.8, 4) is 11.1 Å². The van der Waals surface area contributed by atoms with Gasteiger partial charge in [0.2, 0.25) is 0 Å². The number of aromatic nitrogens is 1. The van der Waals surface area contributed by atoms with E-state index in [2.05, 4.69) is 18.7 Å². The Morgan fingerprint density at radius 1 is 0.978 bits per heavy atom. The molecule has 0 radical (unpaired) electrons. The maximum absolute atomic E-state index is 13.5. The lowest BCUT2D eigenvalue weighted by molar-refractivity contribution is -0.160. The fourth-order valence-electron chi connectivity index (χ4n) is 5.96. The second-order valence-electron chi connectivity index (χ2n) is 13.9. The van der Waals surface area contributed by atoms with Crippen LogP contribution >= 0.6 is 0 Å². The topological polar surface area (TPSA) is 92.2 Å². The second kappa shape index (κ2) is 14.2. The molecule has 3 aromatic rings. The molecule has 1 fully saturated rings. The number of carbonyl (C=O) groups excluding carboxylic acids is 1. The van der Waals surface area contributed by atoms with Gasteiger partial charge < -0.3 is 19.5 Å². The number of hydrogen-bond donors (Lipinski definition) is 1. The molecule has 2 aromatic carbocycles. The van der Waals surface area contributed by atoms with E-state index in [4.69, 9.17) is 14.5 Å². The summed E-state index contributed by atoms with van der Waals surface area (Å²) in [7, 11) is 0. The normalized spacial score (nSPS) is 15.4. The Morgan fingerprint density at radius 3 is 2.02 bits per heavy atom. The highest BCUT2D eigenvalue weighted by Crippen LogP contribution is 2.44. The first kappa shape index (κ1) is 34.9. The fraction of sp³-hybridized carbons (Fsp3) is 0.486. The number of anilines is 1. The third-order valence-corrected chi connectivity index (χ3v) is 8.40. The lowest BCUT2D eigenvalue weighted by Gasteiger charge is -2.41. The number of aliphatic carboxylic acids is 1. The van der Waals surface area contributed by atoms with Gasteiger partial charge in [0.05, 0.1) is 17.9 Å². The molecular weight excluding hydrogens is 585 g/mol. The van der Waals surface area contributed by atoms with Crippen LogP contribution in [0.15, 0.2) is 48.5 Å². The summed E-state index contributed by atoms with van der Waals surface area (Å²) in [6, 6.07) is 14.0. The van der Waals surface area contributed by atoms with Crippen LogP contribution in [0.4, 0.5) is 14.9 Å². The minimum Gasteiger partial charge on any atom is -0.479 e. The largest absolute Gasteiger partial charge is 0.479 e. The Labute approximate surface area is 272 Å². The van der Waals surface area contributed by atoms with Crippen molar-refractivity contribution in [2.45, 2.75) is 93.0 Å². The number of halogens is 1. The van der Waals surface area contributed by atoms with Crippen molar-refractivity contribution in [3.63, 3.8) is 0 Å². The molecule has 0 aliphatic carbocycles. The molecule has 46 heavy (non-hydrogen) atoms. The van der Waals surface area contributed by atoms with E-state index in [1.165, 1.54) is 12.1 Å². The highest BCUT2D eigenvalue weighted by Gasteiger charge is 2.36. The molecule has 1 saturated heterocycles. The zero-order chi connectivity index (χ0) is 33.8. The number of benzene rings is 2. The minimum absolute atomic E-state index is 0.197. The number of hydrogen-bond acceptors (Lipinski definition) is 6. The summed E-state index contributed by atoms with van der Waals surface area (Å²) in [5, 5.41) is 10.4. The average Bonchev–Trinajstić information content (AvgIpc) is 2.97. The molecule has 0 bridgehead atoms. The van der Waals surface area contributed by atoms with E-state index in [0.29, 0.717) is 17.8 Å². The van der Waals surface area contributed by atoms with Gasteiger partial charge in [0.1, 0.15) is 5.82 Å². The predicted molar refractivity (Wildman–Crippen MR) is 178 cm³/mol. The highest BCUT2D eigenvalue weighted by molar-refractivity contribution is 5.88. The Kier molecular flexibility index (Phi) is 10.8. The first-order valence-corrected chi connectivity index (χ1v) is 16.0. The quantitative estimate of drug-likeness (QED) is 0.240. The van der Waals surface area contributed by atoms with Gasteiger partial charge in [-0.15, -0.1) is 0 Å². The van der Waals surface area contributed by atoms with Crippen LogP contribution in [0.25, 0.3) is 11.1 Å². The van der Waals surface area contributed by atoms with Crippen molar-refractivity contribution in [2.75, 3.05) is 24.6 Å². The van der Waals surface area contributed by atoms with Crippen LogP contribution in [-0.4, -0.2) is 52.4 Å². The van der Waals surface area contributed by atoms with Gasteiger partial charge in [-0.1, -0.05) is 50.2 Å². The molecule has 1 aliphatic heterocycles. The first-order valence-electron chi connectivity index (χ1n) is 16.0. The van der Waals surface area contributed by atoms with Gasteiger partial charge in [0.15, 0.2) is 6.10 Å². The lowest BCUT2D eigenvalue weighted by atomic mass is 9.81. The number of ether oxygens (including phenoxy) is 2. The highest BCUT2D eigenvalue weighted by atomic mass is 19.1. The summed E-state index contributed by atoms with van der Waals surface area (Å²) >= 11 is 0. The first-order chi connectivity index (χ1) is 21.6. The van der Waals surface area contributed by atoms with Crippen LogP contribution < -0.4 is 4.90 Å². The molecule has 2 heterocycles. The summed E-state index contributed by atoms with van der Waals surface area (Å²) in [6.07, 6.45) is 0.301. The lowest BCUT2D eigenvalue weighted by Crippen LogP contribution is -2.39. The van der Waals surface area contributed by atoms with Gasteiger partial charge in [0.25, 0.3) is 0 Å². The van der Waals surface area contributed by atoms with E-state index < -0.39 is 23.8 Å². The number of rotatable bonds is 10. The van der Waals surface area contributed by atoms with Gasteiger partial charge in [0, 0.05) is 48.7 Å². The van der Waals surface area contributed by atoms with Crippen LogP contribution in [0.5, 0.6) is 0 Å². The number of nitrogens with zero attached hydrogens (tertiary/aromatic N) is 3. The minimum atomic E-state index is -1.19. The molecule has 0 spiro atoms. The Balaban J connectivity index is 1.77. The third kappa shape index (κ3) is 8.63. The molecule has 1 aromatic heterocycles. The average molecular weight is 634 g/mol. The number of aryl methyl sites for hydroxylation is 2. The van der Waals surface area contributed by atoms with Crippen molar-refractivity contribution >= 4 is 17.7 Å². The van der Waals surface area contributed by atoms with Gasteiger partial charge in [-0.25, -0.2) is 14.0 Å². The smallest absolute Gasteiger partial charge is 0.410 e. The van der Waals surface area contributed by atoms with Gasteiger partial charge in [-0.05, 0) is 88.6 Å². The molecule has 248 valence electrons. The van der Waals surface area contributed by atoms with Crippen molar-refractivity contribution in [3.05, 3.63) is 82.4 Å². The number of carboxylic acids is 1. The summed E-state index contributed by atoms with van der Waals surface area (Å²) < 4.78 is 25.0. The Bertz CT molecular complexity index is 1520. The Hall–Kier alpha value is -3.98. The second-order valence-corrected chi connectivity index (χ2v) is 13.9. The van der Waals surface area contributed by atoms with Crippen LogP contribution in [0, 0.1) is 25.1 Å². The molecule has 9 heteroatoms. The SMILES string of the molecule is CCOC(=O)N(Cc1ccc(F)cc1)Cc1ccc(-c2c(C)nc(C)c(C(OC(C)(C)C)C(=O)O)c2N2CCC(C)(C)CC2)cc1. The van der Waals surface area contributed by atoms with Crippen LogP contribution in [0.3, 0.4) is 0 Å². The van der Waals surface area contributed by atoms with Crippen molar-refractivity contribution in [2.24, 2.45) is 5.41 Å². The molecular formula is C37H48FN3O5. The molecule has 8 nitrogen and oxygen atoms in total. The van der Waals surface area contributed by atoms with Crippen LogP contribution in [0.2, 0.25) is 0 Å². The van der Waals surface area contributed by atoms with E-state index in [0.717, 1.165) is 59.6 Å². The Morgan fingerprint density at radius 2 is 1.52 bits per heavy atom. The number of pyridine rings is 1. The number of carboxylic acid groups (broad SMARTS) is 1. The number of amides is 1. The zero-order valence-electron chi connectivity index (χ0n) is 28.4. The summed E-state index contributed by atoms with van der Waals surface area (Å²) in [6.45, 7) is 18.1. The van der Waals surface area contributed by atoms with Gasteiger partial charge in [-0.2, -0.15) is 0 Å². The summed E-state index contributed by atoms with van der Waals surface area (Å²) in [4.78, 5) is 34.4. The van der Waals surface area contributed by atoms with Gasteiger partial charge >= 0.3 is 12.1 Å². The molecule has 1 unspecified atom stereocenters. The van der Waals surface area contributed by atoms with E-state index in [1.54, 1.807) is 24.0 Å². The van der Waals surface area contributed by atoms with E-state index in [1.807, 2.05) is 58.9 Å². The molecule has 0 saturated carbocycles. The molecule has 1 amide bonds.